The van der Waals surface area contributed by atoms with Crippen molar-refractivity contribution in [3.05, 3.63) is 0 Å². The maximum Gasteiger partial charge on any atom is 0.109 e. The molecular weight excluding hydrogens is 279 g/mol. The van der Waals surface area contributed by atoms with E-state index < -0.39 is 0 Å². The first kappa shape index (κ1) is 11.7. The summed E-state index contributed by atoms with van der Waals surface area (Å²) < 4.78 is 4.95. The van der Waals surface area contributed by atoms with E-state index in [1.165, 1.54) is 13.1 Å². The summed E-state index contributed by atoms with van der Waals surface area (Å²) in [4.78, 5) is 2.48. The highest BCUT2D eigenvalue weighted by Gasteiger charge is 2.33. The molecule has 1 aliphatic rings. The molecule has 1 fully saturated rings. The van der Waals surface area contributed by atoms with Crippen LogP contribution in [0.1, 0.15) is 20.8 Å². The minimum atomic E-state index is 0.331. The fourth-order valence-electron chi connectivity index (χ4n) is 1.46. The molecule has 3 nitrogen and oxygen atoms in total. The maximum absolute atomic E-state index is 4.95. The van der Waals surface area contributed by atoms with Gasteiger partial charge in [-0.15, -0.1) is 0 Å². The third-order valence-electron chi connectivity index (χ3n) is 2.44. The molecule has 0 aromatic carbocycles. The highest BCUT2D eigenvalue weighted by atomic mass is 127. The summed E-state index contributed by atoms with van der Waals surface area (Å²) in [5.41, 5.74) is 0.331. The first-order valence-corrected chi connectivity index (χ1v) is 5.64. The van der Waals surface area contributed by atoms with E-state index in [4.69, 9.17) is 3.07 Å². The minimum absolute atomic E-state index is 0.331. The second-order valence-corrected chi connectivity index (χ2v) is 5.16. The van der Waals surface area contributed by atoms with E-state index in [-0.39, 0.29) is 0 Å². The van der Waals surface area contributed by atoms with Gasteiger partial charge in [0.05, 0.1) is 6.61 Å². The van der Waals surface area contributed by atoms with Gasteiger partial charge in [0.1, 0.15) is 23.0 Å². The first-order chi connectivity index (χ1) is 6.04. The quantitative estimate of drug-likeness (QED) is 0.627. The van der Waals surface area contributed by atoms with Crippen LogP contribution in [0.5, 0.6) is 0 Å². The molecule has 1 heterocycles. The zero-order valence-corrected chi connectivity index (χ0v) is 10.8. The Morgan fingerprint density at radius 1 is 1.46 bits per heavy atom. The Bertz CT molecular complexity index is 152. The minimum Gasteiger partial charge on any atom is -0.314 e. The van der Waals surface area contributed by atoms with Crippen LogP contribution in [0.15, 0.2) is 0 Å². The predicted octanol–water partition coefficient (Wildman–Crippen LogP) is 1.43. The van der Waals surface area contributed by atoms with Gasteiger partial charge in [0.25, 0.3) is 0 Å². The molecule has 0 spiro atoms. The van der Waals surface area contributed by atoms with E-state index in [0.717, 1.165) is 13.2 Å². The van der Waals surface area contributed by atoms with Gasteiger partial charge >= 0.3 is 0 Å². The Hall–Kier alpha value is 0.610. The van der Waals surface area contributed by atoms with Gasteiger partial charge in [-0.05, 0) is 20.8 Å². The molecule has 0 radical (unpaired) electrons. The average Bonchev–Trinajstić information content (AvgIpc) is 1.91. The molecule has 13 heavy (non-hydrogen) atoms. The molecule has 0 unspecified atom stereocenters. The lowest BCUT2D eigenvalue weighted by atomic mass is 9.98. The van der Waals surface area contributed by atoms with Gasteiger partial charge in [0, 0.05) is 31.2 Å². The van der Waals surface area contributed by atoms with Crippen LogP contribution < -0.4 is 5.32 Å². The molecule has 1 N–H and O–H groups in total. The monoisotopic (exact) mass is 298 g/mol. The van der Waals surface area contributed by atoms with Crippen molar-refractivity contribution in [2.75, 3.05) is 26.2 Å². The molecule has 0 aliphatic carbocycles. The zero-order valence-electron chi connectivity index (χ0n) is 8.64. The standard InChI is InChI=1S/C9H19IN2O/c1-9(2,3)12-6-8(7-12)11-4-5-13-10/h8,11H,4-7H2,1-3H3. The molecule has 1 saturated heterocycles. The molecule has 1 rings (SSSR count). The van der Waals surface area contributed by atoms with E-state index in [9.17, 15) is 0 Å². The molecule has 0 saturated carbocycles. The van der Waals surface area contributed by atoms with E-state index in [1.807, 2.05) is 23.0 Å². The van der Waals surface area contributed by atoms with Gasteiger partial charge in [0.15, 0.2) is 0 Å². The van der Waals surface area contributed by atoms with Crippen molar-refractivity contribution in [1.82, 2.24) is 10.2 Å². The van der Waals surface area contributed by atoms with E-state index >= 15 is 0 Å². The Morgan fingerprint density at radius 2 is 2.08 bits per heavy atom. The number of nitrogens with zero attached hydrogens (tertiary/aromatic N) is 1. The lowest BCUT2D eigenvalue weighted by Gasteiger charge is -2.48. The van der Waals surface area contributed by atoms with E-state index in [0.29, 0.717) is 11.6 Å². The number of likely N-dealkylation sites (tertiary alicyclic amines) is 1. The Balaban J connectivity index is 2.05. The molecule has 1 aliphatic heterocycles. The summed E-state index contributed by atoms with van der Waals surface area (Å²) in [6.45, 7) is 10.9. The van der Waals surface area contributed by atoms with Crippen molar-refractivity contribution in [2.24, 2.45) is 0 Å². The van der Waals surface area contributed by atoms with Crippen LogP contribution in [0.3, 0.4) is 0 Å². The van der Waals surface area contributed by atoms with Crippen molar-refractivity contribution < 1.29 is 3.07 Å². The van der Waals surface area contributed by atoms with Crippen molar-refractivity contribution in [1.29, 1.82) is 0 Å². The van der Waals surface area contributed by atoms with Crippen molar-refractivity contribution in [3.8, 4) is 0 Å². The predicted molar refractivity (Wildman–Crippen MR) is 63.1 cm³/mol. The second-order valence-electron chi connectivity index (χ2n) is 4.54. The van der Waals surface area contributed by atoms with Gasteiger partial charge in [-0.3, -0.25) is 4.90 Å². The summed E-state index contributed by atoms with van der Waals surface area (Å²) in [7, 11) is 0. The van der Waals surface area contributed by atoms with Crippen LogP contribution in [0.25, 0.3) is 0 Å². The van der Waals surface area contributed by atoms with Crippen LogP contribution in [0.4, 0.5) is 0 Å². The first-order valence-electron chi connectivity index (χ1n) is 4.76. The smallest absolute Gasteiger partial charge is 0.109 e. The van der Waals surface area contributed by atoms with Crippen LogP contribution >= 0.6 is 23.0 Å². The topological polar surface area (TPSA) is 24.5 Å². The SMILES string of the molecule is CC(C)(C)N1CC(NCCOI)C1. The molecule has 0 bridgehead atoms. The van der Waals surface area contributed by atoms with E-state index in [1.54, 1.807) is 0 Å². The normalized spacial score (nSPS) is 20.3. The zero-order chi connectivity index (χ0) is 9.90. The third-order valence-corrected chi connectivity index (χ3v) is 2.88. The Morgan fingerprint density at radius 3 is 2.54 bits per heavy atom. The highest BCUT2D eigenvalue weighted by Crippen LogP contribution is 2.20. The van der Waals surface area contributed by atoms with Crippen LogP contribution in [0, 0.1) is 0 Å². The maximum atomic E-state index is 4.95. The lowest BCUT2D eigenvalue weighted by Crippen LogP contribution is -2.63. The van der Waals surface area contributed by atoms with Gasteiger partial charge < -0.3 is 8.38 Å². The van der Waals surface area contributed by atoms with Gasteiger partial charge in [-0.25, -0.2) is 0 Å². The summed E-state index contributed by atoms with van der Waals surface area (Å²) in [6.07, 6.45) is 0. The Kier molecular flexibility index (Phi) is 4.41. The fraction of sp³-hybridized carbons (Fsp3) is 1.00. The van der Waals surface area contributed by atoms with Crippen molar-refractivity contribution >= 4 is 23.0 Å². The lowest BCUT2D eigenvalue weighted by molar-refractivity contribution is 0.0345. The summed E-state index contributed by atoms with van der Waals surface area (Å²) in [6, 6.07) is 0.672. The van der Waals surface area contributed by atoms with E-state index in [2.05, 4.69) is 31.0 Å². The van der Waals surface area contributed by atoms with Gasteiger partial charge in [0.2, 0.25) is 0 Å². The average molecular weight is 298 g/mol. The van der Waals surface area contributed by atoms with Crippen LogP contribution in [-0.4, -0.2) is 42.7 Å². The molecular formula is C9H19IN2O. The molecule has 0 atom stereocenters. The van der Waals surface area contributed by atoms with Gasteiger partial charge in [-0.2, -0.15) is 0 Å². The largest absolute Gasteiger partial charge is 0.314 e. The van der Waals surface area contributed by atoms with Gasteiger partial charge in [-0.1, -0.05) is 0 Å². The van der Waals surface area contributed by atoms with Crippen molar-refractivity contribution in [2.45, 2.75) is 32.4 Å². The second kappa shape index (κ2) is 4.91. The molecule has 78 valence electrons. The summed E-state index contributed by atoms with van der Waals surface area (Å²) in [5, 5.41) is 3.45. The number of halogens is 1. The van der Waals surface area contributed by atoms with Crippen LogP contribution in [0.2, 0.25) is 0 Å². The number of nitrogens with one attached hydrogen (secondary N) is 1. The molecule has 4 heteroatoms. The third kappa shape index (κ3) is 3.69. The fourth-order valence-corrected chi connectivity index (χ4v) is 1.68. The number of hydrogen-bond acceptors (Lipinski definition) is 3. The molecule has 0 amide bonds. The molecule has 0 aromatic rings. The van der Waals surface area contributed by atoms with Crippen molar-refractivity contribution in [3.63, 3.8) is 0 Å². The summed E-state index contributed by atoms with van der Waals surface area (Å²) in [5.74, 6) is 0. The number of rotatable bonds is 4. The van der Waals surface area contributed by atoms with Crippen LogP contribution in [-0.2, 0) is 3.07 Å². The molecule has 0 aromatic heterocycles. The number of hydrogen-bond donors (Lipinski definition) is 1. The summed E-state index contributed by atoms with van der Waals surface area (Å²) >= 11 is 1.93. The Labute approximate surface area is 94.9 Å². The highest BCUT2D eigenvalue weighted by molar-refractivity contribution is 14.1.